The number of carbonyl (C=O) groups is 1. The lowest BCUT2D eigenvalue weighted by Crippen LogP contribution is -2.14. The van der Waals surface area contributed by atoms with E-state index in [0.29, 0.717) is 22.6 Å². The summed E-state index contributed by atoms with van der Waals surface area (Å²) in [6.07, 6.45) is 0. The Labute approximate surface area is 121 Å². The highest BCUT2D eigenvalue weighted by Crippen LogP contribution is 2.17. The molecule has 2 aromatic rings. The second kappa shape index (κ2) is 5.43. The van der Waals surface area contributed by atoms with Gasteiger partial charge in [-0.05, 0) is 42.5 Å². The molecule has 0 aliphatic heterocycles. The normalized spacial score (nSPS) is 11.1. The maximum Gasteiger partial charge on any atom is 0.255 e. The molecule has 0 saturated heterocycles. The van der Waals surface area contributed by atoms with Crippen molar-refractivity contribution in [3.05, 3.63) is 48.0 Å². The van der Waals surface area contributed by atoms with Gasteiger partial charge in [0.25, 0.3) is 5.91 Å². The van der Waals surface area contributed by atoms with Crippen LogP contribution in [0.3, 0.4) is 0 Å². The minimum atomic E-state index is -3.76. The highest BCUT2D eigenvalue weighted by molar-refractivity contribution is 7.89. The van der Waals surface area contributed by atoms with E-state index in [1.807, 2.05) is 0 Å². The summed E-state index contributed by atoms with van der Waals surface area (Å²) < 4.78 is 22.3. The fourth-order valence-corrected chi connectivity index (χ4v) is 2.25. The zero-order chi connectivity index (χ0) is 15.6. The molecule has 0 heterocycles. The van der Waals surface area contributed by atoms with E-state index >= 15 is 0 Å². The van der Waals surface area contributed by atoms with Crippen LogP contribution in [0.1, 0.15) is 10.4 Å². The monoisotopic (exact) mass is 306 g/mol. The van der Waals surface area contributed by atoms with Gasteiger partial charge in [-0.2, -0.15) is 0 Å². The molecule has 0 radical (unpaired) electrons. The average Bonchev–Trinajstić information content (AvgIpc) is 2.37. The molecule has 7 N–H and O–H groups in total. The molecule has 0 aliphatic carbocycles. The fraction of sp³-hybridized carbons (Fsp3) is 0. The summed E-state index contributed by atoms with van der Waals surface area (Å²) in [5.41, 5.74) is 12.7. The third-order valence-corrected chi connectivity index (χ3v) is 3.61. The van der Waals surface area contributed by atoms with Crippen molar-refractivity contribution in [1.82, 2.24) is 0 Å². The molecule has 0 aromatic heterocycles. The van der Waals surface area contributed by atoms with E-state index in [1.165, 1.54) is 42.5 Å². The number of hydrogen-bond acceptors (Lipinski definition) is 5. The standard InChI is InChI=1S/C13H14N4O3S/c14-9-5-8(6-10(15)7-9)13(18)17-11-1-3-12(4-2-11)21(16,19)20/h1-7H,14-15H2,(H,17,18)(H2,16,19,20). The van der Waals surface area contributed by atoms with Crippen LogP contribution in [0.15, 0.2) is 47.4 Å². The van der Waals surface area contributed by atoms with Crippen molar-refractivity contribution in [2.75, 3.05) is 16.8 Å². The van der Waals surface area contributed by atoms with Crippen LogP contribution in [0.5, 0.6) is 0 Å². The van der Waals surface area contributed by atoms with Crippen molar-refractivity contribution in [2.45, 2.75) is 4.90 Å². The van der Waals surface area contributed by atoms with Crippen LogP contribution in [0.25, 0.3) is 0 Å². The molecule has 1 amide bonds. The van der Waals surface area contributed by atoms with Crippen LogP contribution in [-0.4, -0.2) is 14.3 Å². The molecule has 0 fully saturated rings. The van der Waals surface area contributed by atoms with E-state index in [2.05, 4.69) is 5.32 Å². The van der Waals surface area contributed by atoms with Crippen molar-refractivity contribution < 1.29 is 13.2 Å². The van der Waals surface area contributed by atoms with Gasteiger partial charge in [0.1, 0.15) is 0 Å². The lowest BCUT2D eigenvalue weighted by molar-refractivity contribution is 0.102. The molecule has 2 rings (SSSR count). The van der Waals surface area contributed by atoms with Gasteiger partial charge in [0.15, 0.2) is 0 Å². The van der Waals surface area contributed by atoms with Crippen molar-refractivity contribution in [3.63, 3.8) is 0 Å². The first-order valence-electron chi connectivity index (χ1n) is 5.86. The Kier molecular flexibility index (Phi) is 3.83. The van der Waals surface area contributed by atoms with E-state index in [9.17, 15) is 13.2 Å². The molecule has 0 atom stereocenters. The number of nitrogens with two attached hydrogens (primary N) is 3. The molecule has 0 aliphatic rings. The van der Waals surface area contributed by atoms with Gasteiger partial charge in [-0.25, -0.2) is 13.6 Å². The lowest BCUT2D eigenvalue weighted by atomic mass is 10.1. The molecule has 0 bridgehead atoms. The Balaban J connectivity index is 2.20. The molecule has 0 unspecified atom stereocenters. The zero-order valence-corrected chi connectivity index (χ0v) is 11.7. The van der Waals surface area contributed by atoms with Gasteiger partial charge < -0.3 is 16.8 Å². The van der Waals surface area contributed by atoms with Gasteiger partial charge in [-0.1, -0.05) is 0 Å². The van der Waals surface area contributed by atoms with E-state index < -0.39 is 15.9 Å². The smallest absolute Gasteiger partial charge is 0.255 e. The second-order valence-corrected chi connectivity index (χ2v) is 5.97. The van der Waals surface area contributed by atoms with Gasteiger partial charge in [-0.3, -0.25) is 4.79 Å². The van der Waals surface area contributed by atoms with E-state index in [-0.39, 0.29) is 4.90 Å². The Morgan fingerprint density at radius 3 is 1.95 bits per heavy atom. The first-order chi connectivity index (χ1) is 9.75. The van der Waals surface area contributed by atoms with Crippen LogP contribution < -0.4 is 21.9 Å². The Morgan fingerprint density at radius 2 is 1.48 bits per heavy atom. The van der Waals surface area contributed by atoms with Crippen LogP contribution in [0.2, 0.25) is 0 Å². The van der Waals surface area contributed by atoms with Crippen molar-refractivity contribution in [1.29, 1.82) is 0 Å². The lowest BCUT2D eigenvalue weighted by Gasteiger charge is -2.07. The average molecular weight is 306 g/mol. The summed E-state index contributed by atoms with van der Waals surface area (Å²) >= 11 is 0. The van der Waals surface area contributed by atoms with E-state index in [0.717, 1.165) is 0 Å². The number of rotatable bonds is 3. The highest BCUT2D eigenvalue weighted by Gasteiger charge is 2.10. The maximum absolute atomic E-state index is 12.0. The second-order valence-electron chi connectivity index (χ2n) is 4.41. The minimum absolute atomic E-state index is 0.0336. The molecule has 8 heteroatoms. The number of primary sulfonamides is 1. The molecule has 21 heavy (non-hydrogen) atoms. The summed E-state index contributed by atoms with van der Waals surface area (Å²) in [5, 5.41) is 7.60. The number of nitrogen functional groups attached to an aromatic ring is 2. The minimum Gasteiger partial charge on any atom is -0.399 e. The van der Waals surface area contributed by atoms with Crippen LogP contribution in [-0.2, 0) is 10.0 Å². The molecule has 2 aromatic carbocycles. The van der Waals surface area contributed by atoms with Gasteiger partial charge in [0.2, 0.25) is 10.0 Å². The van der Waals surface area contributed by atoms with E-state index in [4.69, 9.17) is 16.6 Å². The van der Waals surface area contributed by atoms with Crippen molar-refractivity contribution in [2.24, 2.45) is 5.14 Å². The summed E-state index contributed by atoms with van der Waals surface area (Å²) in [7, 11) is -3.76. The molecular formula is C13H14N4O3S. The number of sulfonamides is 1. The van der Waals surface area contributed by atoms with Crippen LogP contribution in [0, 0.1) is 0 Å². The van der Waals surface area contributed by atoms with E-state index in [1.54, 1.807) is 0 Å². The maximum atomic E-state index is 12.0. The fourth-order valence-electron chi connectivity index (χ4n) is 1.74. The first-order valence-corrected chi connectivity index (χ1v) is 7.40. The number of nitrogens with one attached hydrogen (secondary N) is 1. The predicted molar refractivity (Wildman–Crippen MR) is 81.0 cm³/mol. The van der Waals surface area contributed by atoms with Gasteiger partial charge in [0, 0.05) is 22.6 Å². The summed E-state index contributed by atoms with van der Waals surface area (Å²) in [4.78, 5) is 12.0. The predicted octanol–water partition coefficient (Wildman–Crippen LogP) is 0.751. The molecule has 0 spiro atoms. The Bertz CT molecular complexity index is 765. The van der Waals surface area contributed by atoms with Crippen molar-refractivity contribution >= 4 is 33.0 Å². The summed E-state index contributed by atoms with van der Waals surface area (Å²) in [6.45, 7) is 0. The molecule has 110 valence electrons. The number of amides is 1. The Hall–Kier alpha value is -2.58. The first kappa shape index (κ1) is 14.8. The van der Waals surface area contributed by atoms with Crippen LogP contribution in [0.4, 0.5) is 17.1 Å². The molecule has 0 saturated carbocycles. The van der Waals surface area contributed by atoms with Gasteiger partial charge in [0.05, 0.1) is 4.90 Å². The quantitative estimate of drug-likeness (QED) is 0.619. The molecular weight excluding hydrogens is 292 g/mol. The van der Waals surface area contributed by atoms with Gasteiger partial charge in [-0.15, -0.1) is 0 Å². The largest absolute Gasteiger partial charge is 0.399 e. The van der Waals surface area contributed by atoms with Crippen molar-refractivity contribution in [3.8, 4) is 0 Å². The number of anilines is 3. The highest BCUT2D eigenvalue weighted by atomic mass is 32.2. The summed E-state index contributed by atoms with van der Waals surface area (Å²) in [5.74, 6) is -0.405. The summed E-state index contributed by atoms with van der Waals surface area (Å²) in [6, 6.07) is 10.0. The molecule has 7 nitrogen and oxygen atoms in total. The van der Waals surface area contributed by atoms with Gasteiger partial charge >= 0.3 is 0 Å². The number of benzene rings is 2. The third kappa shape index (κ3) is 3.71. The Morgan fingerprint density at radius 1 is 0.952 bits per heavy atom. The SMILES string of the molecule is Nc1cc(N)cc(C(=O)Nc2ccc(S(N)(=O)=O)cc2)c1. The zero-order valence-electron chi connectivity index (χ0n) is 10.9. The number of carbonyl (C=O) groups excluding carboxylic acids is 1. The third-order valence-electron chi connectivity index (χ3n) is 2.68. The van der Waals surface area contributed by atoms with Crippen LogP contribution >= 0.6 is 0 Å². The number of hydrogen-bond donors (Lipinski definition) is 4. The topological polar surface area (TPSA) is 141 Å².